The number of hydrogen-bond acceptors (Lipinski definition) is 4. The zero-order valence-electron chi connectivity index (χ0n) is 11.4. The van der Waals surface area contributed by atoms with Gasteiger partial charge in [0.2, 0.25) is 0 Å². The standard InChI is InChI=1S/C14H14N2O2Si2/c1-10-5-3-7-15-12(10)9-14(17-19,18-20)13-11(2)6-4-8-16-13/h3-8H,9H2,1-2H3. The molecule has 100 valence electrons. The third-order valence-electron chi connectivity index (χ3n) is 3.22. The van der Waals surface area contributed by atoms with Crippen LogP contribution in [0.5, 0.6) is 0 Å². The molecule has 0 aromatic carbocycles. The van der Waals surface area contributed by atoms with Crippen LogP contribution < -0.4 is 0 Å². The third kappa shape index (κ3) is 2.88. The monoisotopic (exact) mass is 298 g/mol. The zero-order valence-corrected chi connectivity index (χ0v) is 13.4. The second-order valence-corrected chi connectivity index (χ2v) is 4.98. The van der Waals surface area contributed by atoms with Crippen molar-refractivity contribution >= 4 is 21.0 Å². The summed E-state index contributed by atoms with van der Waals surface area (Å²) in [6, 6.07) is 7.73. The molecule has 2 aromatic rings. The van der Waals surface area contributed by atoms with Crippen molar-refractivity contribution in [2.24, 2.45) is 0 Å². The molecule has 0 unspecified atom stereocenters. The van der Waals surface area contributed by atoms with Gasteiger partial charge in [-0.1, -0.05) is 12.1 Å². The summed E-state index contributed by atoms with van der Waals surface area (Å²) in [6.07, 6.45) is 3.88. The van der Waals surface area contributed by atoms with Gasteiger partial charge in [0.05, 0.1) is 0 Å². The van der Waals surface area contributed by atoms with Crippen LogP contribution in [0.15, 0.2) is 36.7 Å². The first-order chi connectivity index (χ1) is 9.63. The van der Waals surface area contributed by atoms with E-state index in [0.29, 0.717) is 12.1 Å². The fraction of sp³-hybridized carbons (Fsp3) is 0.286. The smallest absolute Gasteiger partial charge is 0.250 e. The maximum absolute atomic E-state index is 5.45. The molecule has 0 fully saturated rings. The van der Waals surface area contributed by atoms with Gasteiger partial charge in [-0.3, -0.25) is 9.97 Å². The highest BCUT2D eigenvalue weighted by Crippen LogP contribution is 2.30. The Balaban J connectivity index is 2.46. The molecule has 0 atom stereocenters. The summed E-state index contributed by atoms with van der Waals surface area (Å²) in [5.41, 5.74) is 3.61. The van der Waals surface area contributed by atoms with E-state index in [-0.39, 0.29) is 0 Å². The molecule has 2 heterocycles. The van der Waals surface area contributed by atoms with E-state index in [4.69, 9.17) is 8.85 Å². The van der Waals surface area contributed by atoms with Crippen LogP contribution in [0.3, 0.4) is 0 Å². The second kappa shape index (κ2) is 6.40. The minimum Gasteiger partial charge on any atom is -0.388 e. The molecule has 0 N–H and O–H groups in total. The van der Waals surface area contributed by atoms with Crippen molar-refractivity contribution in [1.29, 1.82) is 0 Å². The molecule has 2 aromatic heterocycles. The van der Waals surface area contributed by atoms with E-state index in [9.17, 15) is 0 Å². The zero-order chi connectivity index (χ0) is 14.6. The highest BCUT2D eigenvalue weighted by Gasteiger charge is 2.35. The Morgan fingerprint density at radius 2 is 1.60 bits per heavy atom. The van der Waals surface area contributed by atoms with Crippen LogP contribution in [0.25, 0.3) is 0 Å². The number of aryl methyl sites for hydroxylation is 2. The maximum atomic E-state index is 5.45. The van der Waals surface area contributed by atoms with Gasteiger partial charge in [0, 0.05) is 24.5 Å². The molecule has 0 bridgehead atoms. The van der Waals surface area contributed by atoms with E-state index in [1.807, 2.05) is 38.1 Å². The molecule has 6 radical (unpaired) electrons. The number of rotatable bonds is 5. The Morgan fingerprint density at radius 3 is 2.15 bits per heavy atom. The molecule has 0 saturated carbocycles. The van der Waals surface area contributed by atoms with Gasteiger partial charge in [0.1, 0.15) is 5.69 Å². The minimum absolute atomic E-state index is 0.421. The molecule has 0 aliphatic heterocycles. The normalized spacial score (nSPS) is 11.6. The molecular formula is C14H14N2O2Si2. The maximum Gasteiger partial charge on any atom is 0.250 e. The van der Waals surface area contributed by atoms with Gasteiger partial charge in [0.25, 0.3) is 21.0 Å². The van der Waals surface area contributed by atoms with Crippen LogP contribution >= 0.6 is 0 Å². The fourth-order valence-electron chi connectivity index (χ4n) is 2.08. The Hall–Kier alpha value is -1.35. The second-order valence-electron chi connectivity index (χ2n) is 4.57. The SMILES string of the molecule is Cc1cccnc1CC(O[Si])(O[Si])c1ncccc1C. The van der Waals surface area contributed by atoms with Crippen molar-refractivity contribution in [3.05, 3.63) is 59.2 Å². The molecule has 0 saturated heterocycles. The first-order valence-corrected chi connectivity index (χ1v) is 6.96. The van der Waals surface area contributed by atoms with Gasteiger partial charge in [0.15, 0.2) is 5.79 Å². The van der Waals surface area contributed by atoms with Crippen LogP contribution in [0.4, 0.5) is 0 Å². The molecule has 0 spiro atoms. The predicted octanol–water partition coefficient (Wildman–Crippen LogP) is 1.69. The Labute approximate surface area is 125 Å². The fourth-order valence-corrected chi connectivity index (χ4v) is 2.59. The molecular weight excluding hydrogens is 284 g/mol. The molecule has 0 amide bonds. The lowest BCUT2D eigenvalue weighted by atomic mass is 10.00. The summed E-state index contributed by atoms with van der Waals surface area (Å²) in [7, 11) is 6.23. The van der Waals surface area contributed by atoms with Crippen molar-refractivity contribution in [3.63, 3.8) is 0 Å². The number of nitrogens with zero attached hydrogens (tertiary/aromatic N) is 2. The van der Waals surface area contributed by atoms with Gasteiger partial charge in [-0.2, -0.15) is 0 Å². The molecule has 6 heteroatoms. The van der Waals surface area contributed by atoms with E-state index < -0.39 is 5.79 Å². The van der Waals surface area contributed by atoms with E-state index in [1.54, 1.807) is 12.4 Å². The predicted molar refractivity (Wildman–Crippen MR) is 77.0 cm³/mol. The third-order valence-corrected chi connectivity index (χ3v) is 3.88. The molecule has 4 nitrogen and oxygen atoms in total. The van der Waals surface area contributed by atoms with Crippen molar-refractivity contribution in [3.8, 4) is 0 Å². The highest BCUT2D eigenvalue weighted by atomic mass is 28.2. The van der Waals surface area contributed by atoms with Crippen LogP contribution in [-0.4, -0.2) is 30.9 Å². The quantitative estimate of drug-likeness (QED) is 0.622. The van der Waals surface area contributed by atoms with Gasteiger partial charge in [-0.25, -0.2) is 0 Å². The summed E-state index contributed by atoms with van der Waals surface area (Å²) in [5, 5.41) is 0. The molecule has 0 aliphatic rings. The lowest BCUT2D eigenvalue weighted by Crippen LogP contribution is -2.36. The highest BCUT2D eigenvalue weighted by molar-refractivity contribution is 6.00. The summed E-state index contributed by atoms with van der Waals surface area (Å²) < 4.78 is 10.9. The topological polar surface area (TPSA) is 44.2 Å². The summed E-state index contributed by atoms with van der Waals surface area (Å²) in [4.78, 5) is 8.76. The van der Waals surface area contributed by atoms with E-state index in [0.717, 1.165) is 16.8 Å². The number of pyridine rings is 2. The van der Waals surface area contributed by atoms with Crippen LogP contribution in [-0.2, 0) is 21.1 Å². The van der Waals surface area contributed by atoms with E-state index in [1.165, 1.54) is 0 Å². The van der Waals surface area contributed by atoms with Crippen molar-refractivity contribution in [1.82, 2.24) is 9.97 Å². The van der Waals surface area contributed by atoms with Crippen molar-refractivity contribution < 1.29 is 8.85 Å². The first-order valence-electron chi connectivity index (χ1n) is 6.15. The van der Waals surface area contributed by atoms with Crippen LogP contribution in [0, 0.1) is 13.8 Å². The molecule has 2 rings (SSSR count). The van der Waals surface area contributed by atoms with E-state index in [2.05, 4.69) is 30.9 Å². The average molecular weight is 298 g/mol. The van der Waals surface area contributed by atoms with Crippen molar-refractivity contribution in [2.45, 2.75) is 26.1 Å². The van der Waals surface area contributed by atoms with Crippen molar-refractivity contribution in [2.75, 3.05) is 0 Å². The molecule has 0 aliphatic carbocycles. The van der Waals surface area contributed by atoms with Crippen LogP contribution in [0.2, 0.25) is 0 Å². The number of aromatic nitrogens is 2. The lowest BCUT2D eigenvalue weighted by Gasteiger charge is -2.32. The Bertz CT molecular complexity index is 589. The summed E-state index contributed by atoms with van der Waals surface area (Å²) >= 11 is 0. The van der Waals surface area contributed by atoms with Gasteiger partial charge in [-0.15, -0.1) is 0 Å². The first kappa shape index (κ1) is 15.1. The average Bonchev–Trinajstić information content (AvgIpc) is 2.48. The lowest BCUT2D eigenvalue weighted by molar-refractivity contribution is -0.118. The number of hydrogen-bond donors (Lipinski definition) is 0. The Kier molecular flexibility index (Phi) is 4.82. The Morgan fingerprint density at radius 1 is 1.00 bits per heavy atom. The van der Waals surface area contributed by atoms with E-state index >= 15 is 0 Å². The minimum atomic E-state index is -1.09. The van der Waals surface area contributed by atoms with Gasteiger partial charge in [-0.05, 0) is 37.1 Å². The van der Waals surface area contributed by atoms with Gasteiger partial charge < -0.3 is 8.85 Å². The van der Waals surface area contributed by atoms with Crippen LogP contribution in [0.1, 0.15) is 22.5 Å². The summed E-state index contributed by atoms with van der Waals surface area (Å²) in [6.45, 7) is 3.96. The molecule has 20 heavy (non-hydrogen) atoms. The summed E-state index contributed by atoms with van der Waals surface area (Å²) in [5.74, 6) is -1.09. The van der Waals surface area contributed by atoms with Gasteiger partial charge >= 0.3 is 0 Å². The largest absolute Gasteiger partial charge is 0.388 e.